The van der Waals surface area contributed by atoms with Crippen LogP contribution >= 0.6 is 0 Å². The summed E-state index contributed by atoms with van der Waals surface area (Å²) in [6, 6.07) is 21.1. The van der Waals surface area contributed by atoms with Crippen molar-refractivity contribution >= 4 is 16.5 Å². The molecule has 0 radical (unpaired) electrons. The summed E-state index contributed by atoms with van der Waals surface area (Å²) in [6.45, 7) is 0.766. The fraction of sp³-hybridized carbons (Fsp3) is 0.150. The highest BCUT2D eigenvalue weighted by Gasteiger charge is 2.19. The summed E-state index contributed by atoms with van der Waals surface area (Å²) >= 11 is 0. The molecular formula is C20H17NO. The number of methoxy groups -OCH3 is 1. The van der Waals surface area contributed by atoms with Crippen LogP contribution in [-0.2, 0) is 13.0 Å². The molecule has 108 valence electrons. The number of rotatable bonds is 3. The number of fused-ring (bicyclic) bond motifs is 3. The van der Waals surface area contributed by atoms with Crippen molar-refractivity contribution in [3.63, 3.8) is 0 Å². The van der Waals surface area contributed by atoms with Crippen molar-refractivity contribution < 1.29 is 4.74 Å². The lowest BCUT2D eigenvalue weighted by atomic mass is 9.95. The van der Waals surface area contributed by atoms with Crippen LogP contribution in [0.15, 0.2) is 65.7 Å². The zero-order valence-electron chi connectivity index (χ0n) is 12.5. The Hall–Kier alpha value is -2.61. The van der Waals surface area contributed by atoms with Crippen molar-refractivity contribution in [2.75, 3.05) is 7.11 Å². The summed E-state index contributed by atoms with van der Waals surface area (Å²) in [4.78, 5) is 4.78. The molecule has 0 fully saturated rings. The lowest BCUT2D eigenvalue weighted by Crippen LogP contribution is -2.03. The molecule has 0 amide bonds. The van der Waals surface area contributed by atoms with Crippen molar-refractivity contribution in [3.8, 4) is 5.75 Å². The molecule has 3 aromatic rings. The Morgan fingerprint density at radius 2 is 1.77 bits per heavy atom. The van der Waals surface area contributed by atoms with Gasteiger partial charge in [-0.15, -0.1) is 0 Å². The van der Waals surface area contributed by atoms with Gasteiger partial charge in [0.25, 0.3) is 0 Å². The molecular weight excluding hydrogens is 270 g/mol. The predicted molar refractivity (Wildman–Crippen MR) is 90.9 cm³/mol. The molecule has 0 unspecified atom stereocenters. The van der Waals surface area contributed by atoms with Gasteiger partial charge in [0.05, 0.1) is 13.7 Å². The molecule has 22 heavy (non-hydrogen) atoms. The molecule has 0 spiro atoms. The second kappa shape index (κ2) is 5.30. The quantitative estimate of drug-likeness (QED) is 0.700. The lowest BCUT2D eigenvalue weighted by Gasteiger charge is -2.10. The van der Waals surface area contributed by atoms with E-state index in [4.69, 9.17) is 9.73 Å². The van der Waals surface area contributed by atoms with Crippen molar-refractivity contribution in [1.29, 1.82) is 0 Å². The summed E-state index contributed by atoms with van der Waals surface area (Å²) in [5, 5.41) is 2.42. The molecule has 0 saturated carbocycles. The fourth-order valence-electron chi connectivity index (χ4n) is 3.21. The van der Waals surface area contributed by atoms with Crippen LogP contribution in [0.25, 0.3) is 10.8 Å². The first kappa shape index (κ1) is 13.1. The smallest absolute Gasteiger partial charge is 0.126 e. The third-order valence-electron chi connectivity index (χ3n) is 4.31. The average molecular weight is 287 g/mol. The molecule has 1 aliphatic heterocycles. The van der Waals surface area contributed by atoms with E-state index in [9.17, 15) is 0 Å². The van der Waals surface area contributed by atoms with E-state index in [1.807, 2.05) is 12.1 Å². The van der Waals surface area contributed by atoms with Crippen LogP contribution in [0.3, 0.4) is 0 Å². The topological polar surface area (TPSA) is 21.6 Å². The van der Waals surface area contributed by atoms with E-state index in [0.29, 0.717) is 0 Å². The van der Waals surface area contributed by atoms with Crippen molar-refractivity contribution in [2.24, 2.45) is 4.99 Å². The van der Waals surface area contributed by atoms with Gasteiger partial charge in [-0.05, 0) is 28.6 Å². The van der Waals surface area contributed by atoms with Crippen LogP contribution < -0.4 is 4.74 Å². The lowest BCUT2D eigenvalue weighted by molar-refractivity contribution is 0.420. The second-order valence-electron chi connectivity index (χ2n) is 5.57. The van der Waals surface area contributed by atoms with E-state index in [1.54, 1.807) is 7.11 Å². The molecule has 1 heterocycles. The summed E-state index contributed by atoms with van der Waals surface area (Å²) in [5.41, 5.74) is 5.10. The summed E-state index contributed by atoms with van der Waals surface area (Å²) < 4.78 is 5.47. The van der Waals surface area contributed by atoms with Crippen molar-refractivity contribution in [2.45, 2.75) is 13.0 Å². The van der Waals surface area contributed by atoms with Gasteiger partial charge in [0.15, 0.2) is 0 Å². The van der Waals surface area contributed by atoms with Gasteiger partial charge >= 0.3 is 0 Å². The van der Waals surface area contributed by atoms with Crippen molar-refractivity contribution in [3.05, 3.63) is 77.4 Å². The normalized spacial score (nSPS) is 13.0. The third kappa shape index (κ3) is 2.08. The summed E-state index contributed by atoms with van der Waals surface area (Å²) in [7, 11) is 1.72. The number of aliphatic imine (C=N–C) groups is 1. The molecule has 0 saturated heterocycles. The van der Waals surface area contributed by atoms with E-state index in [1.165, 1.54) is 33.2 Å². The molecule has 0 aromatic heterocycles. The van der Waals surface area contributed by atoms with Gasteiger partial charge in [-0.25, -0.2) is 0 Å². The van der Waals surface area contributed by atoms with Gasteiger partial charge in [-0.1, -0.05) is 48.5 Å². The van der Waals surface area contributed by atoms with Gasteiger partial charge in [0, 0.05) is 23.1 Å². The first-order valence-corrected chi connectivity index (χ1v) is 7.53. The first-order valence-electron chi connectivity index (χ1n) is 7.53. The SMILES string of the molecule is COc1cccc2c3c(ccc12)C(Cc1ccccc1)=NC3. The molecule has 4 rings (SSSR count). The number of nitrogens with zero attached hydrogens (tertiary/aromatic N) is 1. The first-order chi connectivity index (χ1) is 10.9. The van der Waals surface area contributed by atoms with Crippen LogP contribution in [0.5, 0.6) is 5.75 Å². The zero-order chi connectivity index (χ0) is 14.9. The Bertz CT molecular complexity index is 866. The number of benzene rings is 3. The van der Waals surface area contributed by atoms with E-state index >= 15 is 0 Å². The van der Waals surface area contributed by atoms with Gasteiger partial charge in [0.2, 0.25) is 0 Å². The maximum Gasteiger partial charge on any atom is 0.126 e. The molecule has 0 N–H and O–H groups in total. The molecule has 0 aliphatic carbocycles. The van der Waals surface area contributed by atoms with Gasteiger partial charge in [-0.2, -0.15) is 0 Å². The molecule has 2 heteroatoms. The second-order valence-corrected chi connectivity index (χ2v) is 5.57. The predicted octanol–water partition coefficient (Wildman–Crippen LogP) is 4.39. The minimum atomic E-state index is 0.766. The minimum absolute atomic E-state index is 0.766. The number of ether oxygens (including phenoxy) is 1. The van der Waals surface area contributed by atoms with E-state index in [-0.39, 0.29) is 0 Å². The number of hydrogen-bond acceptors (Lipinski definition) is 2. The Morgan fingerprint density at radius 3 is 2.59 bits per heavy atom. The highest BCUT2D eigenvalue weighted by atomic mass is 16.5. The third-order valence-corrected chi connectivity index (χ3v) is 4.31. The summed E-state index contributed by atoms with van der Waals surface area (Å²) in [5.74, 6) is 0.928. The average Bonchev–Trinajstić information content (AvgIpc) is 2.98. The van der Waals surface area contributed by atoms with E-state index in [0.717, 1.165) is 18.7 Å². The fourth-order valence-corrected chi connectivity index (χ4v) is 3.21. The van der Waals surface area contributed by atoms with Crippen LogP contribution in [0.4, 0.5) is 0 Å². The standard InChI is InChI=1S/C20H17NO/c1-22-20-9-5-8-15-17(20)11-10-16-18(15)13-21-19(16)12-14-6-3-2-4-7-14/h2-11H,12-13H2,1H3. The van der Waals surface area contributed by atoms with Gasteiger partial charge in [0.1, 0.15) is 5.75 Å². The Labute approximate surface area is 130 Å². The van der Waals surface area contributed by atoms with E-state index in [2.05, 4.69) is 48.5 Å². The van der Waals surface area contributed by atoms with Crippen LogP contribution in [0.2, 0.25) is 0 Å². The van der Waals surface area contributed by atoms with Crippen LogP contribution in [0, 0.1) is 0 Å². The monoisotopic (exact) mass is 287 g/mol. The molecule has 0 bridgehead atoms. The highest BCUT2D eigenvalue weighted by molar-refractivity contribution is 6.09. The Morgan fingerprint density at radius 1 is 0.909 bits per heavy atom. The minimum Gasteiger partial charge on any atom is -0.496 e. The molecule has 0 atom stereocenters. The Balaban J connectivity index is 1.77. The van der Waals surface area contributed by atoms with Crippen LogP contribution in [0.1, 0.15) is 16.7 Å². The number of hydrogen-bond donors (Lipinski definition) is 0. The van der Waals surface area contributed by atoms with E-state index < -0.39 is 0 Å². The maximum absolute atomic E-state index is 5.47. The molecule has 1 aliphatic rings. The van der Waals surface area contributed by atoms with Gasteiger partial charge in [-0.3, -0.25) is 4.99 Å². The summed E-state index contributed by atoms with van der Waals surface area (Å²) in [6.07, 6.45) is 0.892. The Kier molecular flexibility index (Phi) is 3.15. The van der Waals surface area contributed by atoms with Crippen LogP contribution in [-0.4, -0.2) is 12.8 Å². The van der Waals surface area contributed by atoms with Gasteiger partial charge < -0.3 is 4.74 Å². The van der Waals surface area contributed by atoms with Crippen molar-refractivity contribution in [1.82, 2.24) is 0 Å². The largest absolute Gasteiger partial charge is 0.496 e. The highest BCUT2D eigenvalue weighted by Crippen LogP contribution is 2.33. The molecule has 3 aromatic carbocycles. The maximum atomic E-state index is 5.47. The molecule has 2 nitrogen and oxygen atoms in total. The zero-order valence-corrected chi connectivity index (χ0v) is 12.5.